The topological polar surface area (TPSA) is 20.2 Å². The molecule has 0 saturated heterocycles. The maximum Gasteiger partial charge on any atom is 0.0653 e. The third-order valence-electron chi connectivity index (χ3n) is 4.23. The molecule has 1 aliphatic carbocycles. The summed E-state index contributed by atoms with van der Waals surface area (Å²) in [6.07, 6.45) is 6.80. The first-order chi connectivity index (χ1) is 6.97. The summed E-state index contributed by atoms with van der Waals surface area (Å²) in [6, 6.07) is 0. The summed E-state index contributed by atoms with van der Waals surface area (Å²) in [7, 11) is 0. The molecule has 1 nitrogen and oxygen atoms in total. The van der Waals surface area contributed by atoms with Crippen LogP contribution in [0, 0.1) is 17.8 Å². The second-order valence-corrected chi connectivity index (χ2v) is 6.04. The van der Waals surface area contributed by atoms with Crippen LogP contribution in [-0.2, 0) is 0 Å². The van der Waals surface area contributed by atoms with Gasteiger partial charge in [-0.2, -0.15) is 0 Å². The number of hydrogen-bond donors (Lipinski definition) is 1. The molecule has 0 aromatic heterocycles. The van der Waals surface area contributed by atoms with Crippen molar-refractivity contribution in [3.8, 4) is 0 Å². The van der Waals surface area contributed by atoms with Gasteiger partial charge in [0.15, 0.2) is 0 Å². The molecule has 1 aliphatic rings. The zero-order valence-corrected chi connectivity index (χ0v) is 10.9. The molecule has 0 aliphatic heterocycles. The second kappa shape index (κ2) is 5.34. The zero-order valence-electron chi connectivity index (χ0n) is 10.9. The first kappa shape index (κ1) is 13.0. The van der Waals surface area contributed by atoms with Gasteiger partial charge in [-0.3, -0.25) is 0 Å². The van der Waals surface area contributed by atoms with Crippen molar-refractivity contribution in [1.82, 2.24) is 0 Å². The van der Waals surface area contributed by atoms with Crippen LogP contribution in [0.25, 0.3) is 0 Å². The molecule has 0 amide bonds. The van der Waals surface area contributed by atoms with E-state index in [4.69, 9.17) is 0 Å². The predicted molar refractivity (Wildman–Crippen MR) is 65.8 cm³/mol. The number of hydrogen-bond acceptors (Lipinski definition) is 1. The highest BCUT2D eigenvalue weighted by atomic mass is 16.3. The third-order valence-corrected chi connectivity index (χ3v) is 4.23. The van der Waals surface area contributed by atoms with Gasteiger partial charge in [0.1, 0.15) is 0 Å². The van der Waals surface area contributed by atoms with Gasteiger partial charge in [-0.1, -0.05) is 40.5 Å². The maximum atomic E-state index is 10.6. The van der Waals surface area contributed by atoms with E-state index in [1.54, 1.807) is 0 Å². The van der Waals surface area contributed by atoms with Crippen LogP contribution in [0.1, 0.15) is 66.2 Å². The SMILES string of the molecule is CCC(C)CC1(O)CCCC(C(C)C)C1. The van der Waals surface area contributed by atoms with Gasteiger partial charge in [-0.15, -0.1) is 0 Å². The monoisotopic (exact) mass is 212 g/mol. The summed E-state index contributed by atoms with van der Waals surface area (Å²) in [5, 5.41) is 10.6. The van der Waals surface area contributed by atoms with E-state index in [0.717, 1.165) is 31.1 Å². The third kappa shape index (κ3) is 3.79. The van der Waals surface area contributed by atoms with Gasteiger partial charge >= 0.3 is 0 Å². The number of aliphatic hydroxyl groups is 1. The van der Waals surface area contributed by atoms with Crippen molar-refractivity contribution >= 4 is 0 Å². The summed E-state index contributed by atoms with van der Waals surface area (Å²) >= 11 is 0. The van der Waals surface area contributed by atoms with E-state index in [-0.39, 0.29) is 5.60 Å². The van der Waals surface area contributed by atoms with Crippen molar-refractivity contribution in [2.45, 2.75) is 71.8 Å². The lowest BCUT2D eigenvalue weighted by Gasteiger charge is -2.40. The van der Waals surface area contributed by atoms with Crippen LogP contribution in [0.4, 0.5) is 0 Å². The van der Waals surface area contributed by atoms with Gasteiger partial charge in [0.2, 0.25) is 0 Å². The van der Waals surface area contributed by atoms with E-state index >= 15 is 0 Å². The Kier molecular flexibility index (Phi) is 4.64. The highest BCUT2D eigenvalue weighted by Crippen LogP contribution is 2.39. The first-order valence-electron chi connectivity index (χ1n) is 6.69. The summed E-state index contributed by atoms with van der Waals surface area (Å²) < 4.78 is 0. The molecule has 1 heteroatoms. The van der Waals surface area contributed by atoms with Crippen LogP contribution in [-0.4, -0.2) is 10.7 Å². The standard InChI is InChI=1S/C14H28O/c1-5-12(4)9-14(15)8-6-7-13(10-14)11(2)3/h11-13,15H,5-10H2,1-4H3. The van der Waals surface area contributed by atoms with Gasteiger partial charge in [-0.25, -0.2) is 0 Å². The van der Waals surface area contributed by atoms with Crippen molar-refractivity contribution in [3.63, 3.8) is 0 Å². The van der Waals surface area contributed by atoms with E-state index in [1.165, 1.54) is 19.3 Å². The molecule has 90 valence electrons. The molecular formula is C14H28O. The Balaban J connectivity index is 2.52. The van der Waals surface area contributed by atoms with Crippen LogP contribution in [0.2, 0.25) is 0 Å². The predicted octanol–water partition coefficient (Wildman–Crippen LogP) is 4.00. The fourth-order valence-corrected chi connectivity index (χ4v) is 2.93. The molecule has 0 bridgehead atoms. The first-order valence-corrected chi connectivity index (χ1v) is 6.69. The Morgan fingerprint density at radius 2 is 2.00 bits per heavy atom. The van der Waals surface area contributed by atoms with Gasteiger partial charge in [-0.05, 0) is 43.4 Å². The Morgan fingerprint density at radius 3 is 2.53 bits per heavy atom. The molecule has 0 radical (unpaired) electrons. The van der Waals surface area contributed by atoms with Gasteiger partial charge < -0.3 is 5.11 Å². The van der Waals surface area contributed by atoms with E-state index in [1.807, 2.05) is 0 Å². The maximum absolute atomic E-state index is 10.6. The lowest BCUT2D eigenvalue weighted by molar-refractivity contribution is -0.0415. The second-order valence-electron chi connectivity index (χ2n) is 6.04. The van der Waals surface area contributed by atoms with Crippen LogP contribution >= 0.6 is 0 Å². The summed E-state index contributed by atoms with van der Waals surface area (Å²) in [6.45, 7) is 9.06. The van der Waals surface area contributed by atoms with Crippen molar-refractivity contribution in [1.29, 1.82) is 0 Å². The largest absolute Gasteiger partial charge is 0.390 e. The molecular weight excluding hydrogens is 184 g/mol. The van der Waals surface area contributed by atoms with E-state index < -0.39 is 0 Å². The Labute approximate surface area is 95.3 Å². The highest BCUT2D eigenvalue weighted by molar-refractivity contribution is 4.88. The quantitative estimate of drug-likeness (QED) is 0.747. The lowest BCUT2D eigenvalue weighted by Crippen LogP contribution is -2.38. The van der Waals surface area contributed by atoms with Crippen molar-refractivity contribution in [2.75, 3.05) is 0 Å². The van der Waals surface area contributed by atoms with Crippen LogP contribution < -0.4 is 0 Å². The molecule has 0 spiro atoms. The molecule has 0 heterocycles. The van der Waals surface area contributed by atoms with Gasteiger partial charge in [0.05, 0.1) is 5.60 Å². The molecule has 15 heavy (non-hydrogen) atoms. The molecule has 1 rings (SSSR count). The molecule has 0 aromatic carbocycles. The Morgan fingerprint density at radius 1 is 1.33 bits per heavy atom. The molecule has 3 atom stereocenters. The van der Waals surface area contributed by atoms with Crippen molar-refractivity contribution < 1.29 is 5.11 Å². The molecule has 1 saturated carbocycles. The van der Waals surface area contributed by atoms with Crippen molar-refractivity contribution in [2.24, 2.45) is 17.8 Å². The average molecular weight is 212 g/mol. The van der Waals surface area contributed by atoms with E-state index in [9.17, 15) is 5.11 Å². The molecule has 1 N–H and O–H groups in total. The number of rotatable bonds is 4. The van der Waals surface area contributed by atoms with Crippen LogP contribution in [0.3, 0.4) is 0 Å². The molecule has 0 aromatic rings. The average Bonchev–Trinajstić information content (AvgIpc) is 2.17. The normalized spacial score (nSPS) is 34.4. The summed E-state index contributed by atoms with van der Waals surface area (Å²) in [5.74, 6) is 2.14. The minimum absolute atomic E-state index is 0.345. The Bertz CT molecular complexity index is 188. The van der Waals surface area contributed by atoms with Gasteiger partial charge in [0.25, 0.3) is 0 Å². The van der Waals surface area contributed by atoms with E-state index in [0.29, 0.717) is 5.92 Å². The summed E-state index contributed by atoms with van der Waals surface area (Å²) in [4.78, 5) is 0. The fraction of sp³-hybridized carbons (Fsp3) is 1.00. The highest BCUT2D eigenvalue weighted by Gasteiger charge is 2.35. The smallest absolute Gasteiger partial charge is 0.0653 e. The summed E-state index contributed by atoms with van der Waals surface area (Å²) in [5.41, 5.74) is -0.345. The van der Waals surface area contributed by atoms with Crippen LogP contribution in [0.15, 0.2) is 0 Å². The lowest BCUT2D eigenvalue weighted by atomic mass is 9.70. The minimum atomic E-state index is -0.345. The van der Waals surface area contributed by atoms with Crippen molar-refractivity contribution in [3.05, 3.63) is 0 Å². The Hall–Kier alpha value is -0.0400. The molecule has 1 fully saturated rings. The fourth-order valence-electron chi connectivity index (χ4n) is 2.93. The van der Waals surface area contributed by atoms with Crippen LogP contribution in [0.5, 0.6) is 0 Å². The van der Waals surface area contributed by atoms with Gasteiger partial charge in [0, 0.05) is 0 Å². The molecule has 3 unspecified atom stereocenters. The zero-order chi connectivity index (χ0) is 11.5. The minimum Gasteiger partial charge on any atom is -0.390 e. The van der Waals surface area contributed by atoms with E-state index in [2.05, 4.69) is 27.7 Å².